The zero-order chi connectivity index (χ0) is 6.97. The van der Waals surface area contributed by atoms with Crippen LogP contribution in [0.4, 0.5) is 0 Å². The summed E-state index contributed by atoms with van der Waals surface area (Å²) in [5.41, 5.74) is 3.08. The molecule has 1 aliphatic carbocycles. The SMILES string of the molecule is CC1C=C2CNCC2=CC1. The first-order valence-electron chi connectivity index (χ1n) is 3.97. The number of hydrogen-bond donors (Lipinski definition) is 1. The minimum atomic E-state index is 0.763. The smallest absolute Gasteiger partial charge is 0.0208 e. The van der Waals surface area contributed by atoms with Crippen LogP contribution in [0.1, 0.15) is 13.3 Å². The Bertz CT molecular complexity index is 201. The van der Waals surface area contributed by atoms with E-state index in [-0.39, 0.29) is 0 Å². The molecule has 1 heteroatoms. The first-order chi connectivity index (χ1) is 4.86. The van der Waals surface area contributed by atoms with Gasteiger partial charge in [-0.05, 0) is 23.5 Å². The highest BCUT2D eigenvalue weighted by Gasteiger charge is 2.16. The van der Waals surface area contributed by atoms with Gasteiger partial charge in [-0.15, -0.1) is 0 Å². The molecule has 1 atom stereocenters. The van der Waals surface area contributed by atoms with Crippen LogP contribution >= 0.6 is 0 Å². The molecule has 2 aliphatic rings. The Labute approximate surface area is 61.8 Å². The molecule has 1 N–H and O–H groups in total. The number of rotatable bonds is 0. The average molecular weight is 135 g/mol. The Morgan fingerprint density at radius 3 is 3.10 bits per heavy atom. The molecular formula is C9H13N. The van der Waals surface area contributed by atoms with E-state index in [2.05, 4.69) is 24.4 Å². The molecule has 0 aromatic heterocycles. The standard InChI is InChI=1S/C9H13N/c1-7-2-3-8-5-10-6-9(8)4-7/h3-4,7,10H,2,5-6H2,1H3. The van der Waals surface area contributed by atoms with Crippen LogP contribution in [0.15, 0.2) is 23.3 Å². The summed E-state index contributed by atoms with van der Waals surface area (Å²) < 4.78 is 0. The van der Waals surface area contributed by atoms with Crippen LogP contribution < -0.4 is 5.32 Å². The van der Waals surface area contributed by atoms with Gasteiger partial charge in [0.15, 0.2) is 0 Å². The van der Waals surface area contributed by atoms with Gasteiger partial charge < -0.3 is 5.32 Å². The van der Waals surface area contributed by atoms with Crippen LogP contribution in [0.3, 0.4) is 0 Å². The minimum Gasteiger partial charge on any atom is -0.309 e. The largest absolute Gasteiger partial charge is 0.309 e. The predicted octanol–water partition coefficient (Wildman–Crippen LogP) is 1.48. The van der Waals surface area contributed by atoms with Gasteiger partial charge in [0.1, 0.15) is 0 Å². The van der Waals surface area contributed by atoms with Crippen LogP contribution in [0.25, 0.3) is 0 Å². The van der Waals surface area contributed by atoms with Gasteiger partial charge >= 0.3 is 0 Å². The van der Waals surface area contributed by atoms with E-state index in [1.807, 2.05) is 0 Å². The van der Waals surface area contributed by atoms with Crippen molar-refractivity contribution in [3.05, 3.63) is 23.3 Å². The molecule has 0 aromatic rings. The summed E-state index contributed by atoms with van der Waals surface area (Å²) in [6.07, 6.45) is 6.01. The van der Waals surface area contributed by atoms with Crippen molar-refractivity contribution in [2.45, 2.75) is 13.3 Å². The highest BCUT2D eigenvalue weighted by Crippen LogP contribution is 2.24. The lowest BCUT2D eigenvalue weighted by molar-refractivity contribution is 0.724. The molecule has 1 nitrogen and oxygen atoms in total. The molecule has 0 amide bonds. The van der Waals surface area contributed by atoms with E-state index in [0.29, 0.717) is 0 Å². The lowest BCUT2D eigenvalue weighted by Crippen LogP contribution is -2.04. The zero-order valence-corrected chi connectivity index (χ0v) is 6.35. The van der Waals surface area contributed by atoms with Crippen LogP contribution in [0.5, 0.6) is 0 Å². The molecule has 0 bridgehead atoms. The first-order valence-corrected chi connectivity index (χ1v) is 3.97. The normalized spacial score (nSPS) is 31.1. The number of nitrogens with one attached hydrogen (secondary N) is 1. The summed E-state index contributed by atoms with van der Waals surface area (Å²) >= 11 is 0. The number of fused-ring (bicyclic) bond motifs is 1. The molecule has 1 aliphatic heterocycles. The maximum absolute atomic E-state index is 3.35. The second kappa shape index (κ2) is 2.24. The van der Waals surface area contributed by atoms with Crippen molar-refractivity contribution in [3.63, 3.8) is 0 Å². The van der Waals surface area contributed by atoms with Crippen LogP contribution in [0, 0.1) is 5.92 Å². The second-order valence-electron chi connectivity index (χ2n) is 3.24. The summed E-state index contributed by atoms with van der Waals surface area (Å²) in [6, 6.07) is 0. The van der Waals surface area contributed by atoms with Crippen molar-refractivity contribution < 1.29 is 0 Å². The predicted molar refractivity (Wildman–Crippen MR) is 42.8 cm³/mol. The Balaban J connectivity index is 2.27. The molecule has 0 spiro atoms. The lowest BCUT2D eigenvalue weighted by atomic mass is 9.94. The van der Waals surface area contributed by atoms with E-state index in [1.54, 1.807) is 5.57 Å². The average Bonchev–Trinajstić information content (AvgIpc) is 2.33. The van der Waals surface area contributed by atoms with Gasteiger partial charge in [-0.1, -0.05) is 19.1 Å². The van der Waals surface area contributed by atoms with E-state index < -0.39 is 0 Å². The topological polar surface area (TPSA) is 12.0 Å². The summed E-state index contributed by atoms with van der Waals surface area (Å²) in [4.78, 5) is 0. The maximum Gasteiger partial charge on any atom is 0.0208 e. The molecule has 0 radical (unpaired) electrons. The highest BCUT2D eigenvalue weighted by atomic mass is 14.9. The Morgan fingerprint density at radius 2 is 2.20 bits per heavy atom. The number of hydrogen-bond acceptors (Lipinski definition) is 1. The Morgan fingerprint density at radius 1 is 1.40 bits per heavy atom. The monoisotopic (exact) mass is 135 g/mol. The van der Waals surface area contributed by atoms with Crippen molar-refractivity contribution in [3.8, 4) is 0 Å². The molecule has 2 rings (SSSR count). The van der Waals surface area contributed by atoms with Gasteiger partial charge in [0.2, 0.25) is 0 Å². The van der Waals surface area contributed by atoms with Crippen molar-refractivity contribution in [2.24, 2.45) is 5.92 Å². The van der Waals surface area contributed by atoms with E-state index in [4.69, 9.17) is 0 Å². The highest BCUT2D eigenvalue weighted by molar-refractivity contribution is 5.40. The van der Waals surface area contributed by atoms with Crippen molar-refractivity contribution in [2.75, 3.05) is 13.1 Å². The van der Waals surface area contributed by atoms with E-state index in [1.165, 1.54) is 12.0 Å². The van der Waals surface area contributed by atoms with E-state index in [9.17, 15) is 0 Å². The second-order valence-corrected chi connectivity index (χ2v) is 3.24. The molecule has 0 saturated carbocycles. The fraction of sp³-hybridized carbons (Fsp3) is 0.556. The van der Waals surface area contributed by atoms with E-state index >= 15 is 0 Å². The molecule has 0 aromatic carbocycles. The third-order valence-corrected chi connectivity index (χ3v) is 2.27. The minimum absolute atomic E-state index is 0.763. The van der Waals surface area contributed by atoms with Crippen molar-refractivity contribution >= 4 is 0 Å². The Kier molecular flexibility index (Phi) is 1.38. The quantitative estimate of drug-likeness (QED) is 0.530. The molecule has 1 fully saturated rings. The molecular weight excluding hydrogens is 122 g/mol. The fourth-order valence-corrected chi connectivity index (χ4v) is 1.67. The van der Waals surface area contributed by atoms with Crippen LogP contribution in [-0.2, 0) is 0 Å². The molecule has 1 heterocycles. The molecule has 10 heavy (non-hydrogen) atoms. The van der Waals surface area contributed by atoms with Gasteiger partial charge in [-0.3, -0.25) is 0 Å². The van der Waals surface area contributed by atoms with E-state index in [0.717, 1.165) is 19.0 Å². The zero-order valence-electron chi connectivity index (χ0n) is 6.35. The fourth-order valence-electron chi connectivity index (χ4n) is 1.67. The van der Waals surface area contributed by atoms with Gasteiger partial charge in [0.25, 0.3) is 0 Å². The van der Waals surface area contributed by atoms with Gasteiger partial charge in [0, 0.05) is 13.1 Å². The third kappa shape index (κ3) is 0.907. The summed E-state index contributed by atoms with van der Waals surface area (Å²) in [5, 5.41) is 3.35. The molecule has 54 valence electrons. The summed E-state index contributed by atoms with van der Waals surface area (Å²) in [6.45, 7) is 4.47. The van der Waals surface area contributed by atoms with Crippen molar-refractivity contribution in [1.29, 1.82) is 0 Å². The maximum atomic E-state index is 3.35. The lowest BCUT2D eigenvalue weighted by Gasteiger charge is -2.11. The van der Waals surface area contributed by atoms with Gasteiger partial charge in [-0.25, -0.2) is 0 Å². The Hall–Kier alpha value is -0.560. The van der Waals surface area contributed by atoms with Crippen LogP contribution in [0.2, 0.25) is 0 Å². The summed E-state index contributed by atoms with van der Waals surface area (Å²) in [5.74, 6) is 0.763. The van der Waals surface area contributed by atoms with Gasteiger partial charge in [0.05, 0.1) is 0 Å². The first kappa shape index (κ1) is 6.17. The molecule has 1 saturated heterocycles. The third-order valence-electron chi connectivity index (χ3n) is 2.27. The number of allylic oxidation sites excluding steroid dienone is 2. The van der Waals surface area contributed by atoms with Crippen molar-refractivity contribution in [1.82, 2.24) is 5.32 Å². The molecule has 1 unspecified atom stereocenters. The van der Waals surface area contributed by atoms with Crippen LogP contribution in [-0.4, -0.2) is 13.1 Å². The summed E-state index contributed by atoms with van der Waals surface area (Å²) in [7, 11) is 0. The van der Waals surface area contributed by atoms with Gasteiger partial charge in [-0.2, -0.15) is 0 Å².